The van der Waals surface area contributed by atoms with Gasteiger partial charge < -0.3 is 15.0 Å². The normalized spacial score (nSPS) is 22.9. The first-order valence-corrected chi connectivity index (χ1v) is 5.11. The van der Waals surface area contributed by atoms with E-state index in [1.165, 1.54) is 0 Å². The SMILES string of the molecule is CC(C#N)CN(C)C(=O)C1COCCN1. The van der Waals surface area contributed by atoms with Crippen LogP contribution in [0.25, 0.3) is 0 Å². The number of amides is 1. The summed E-state index contributed by atoms with van der Waals surface area (Å²) in [6, 6.07) is 1.85. The van der Waals surface area contributed by atoms with E-state index in [0.29, 0.717) is 26.3 Å². The van der Waals surface area contributed by atoms with Gasteiger partial charge in [0.2, 0.25) is 5.91 Å². The van der Waals surface area contributed by atoms with E-state index < -0.39 is 0 Å². The highest BCUT2D eigenvalue weighted by Gasteiger charge is 2.24. The highest BCUT2D eigenvalue weighted by Crippen LogP contribution is 2.01. The molecule has 2 unspecified atom stereocenters. The molecule has 0 aromatic rings. The van der Waals surface area contributed by atoms with Crippen molar-refractivity contribution in [3.05, 3.63) is 0 Å². The van der Waals surface area contributed by atoms with Gasteiger partial charge in [0.15, 0.2) is 0 Å². The van der Waals surface area contributed by atoms with Crippen molar-refractivity contribution in [1.29, 1.82) is 5.26 Å². The van der Waals surface area contributed by atoms with E-state index in [4.69, 9.17) is 10.00 Å². The molecule has 5 heteroatoms. The van der Waals surface area contributed by atoms with E-state index >= 15 is 0 Å². The molecule has 1 heterocycles. The standard InChI is InChI=1S/C10H17N3O2/c1-8(5-11)6-13(2)10(14)9-7-15-4-3-12-9/h8-9,12H,3-4,6-7H2,1-2H3. The highest BCUT2D eigenvalue weighted by atomic mass is 16.5. The van der Waals surface area contributed by atoms with Crippen LogP contribution in [0.3, 0.4) is 0 Å². The van der Waals surface area contributed by atoms with Crippen LogP contribution in [0, 0.1) is 17.2 Å². The number of nitriles is 1. The van der Waals surface area contributed by atoms with E-state index in [2.05, 4.69) is 11.4 Å². The van der Waals surface area contributed by atoms with Crippen LogP contribution in [0.15, 0.2) is 0 Å². The molecule has 1 aliphatic heterocycles. The van der Waals surface area contributed by atoms with Crippen LogP contribution in [-0.2, 0) is 9.53 Å². The topological polar surface area (TPSA) is 65.4 Å². The van der Waals surface area contributed by atoms with Crippen LogP contribution in [0.1, 0.15) is 6.92 Å². The summed E-state index contributed by atoms with van der Waals surface area (Å²) in [5, 5.41) is 11.7. The number of nitrogens with zero attached hydrogens (tertiary/aromatic N) is 2. The lowest BCUT2D eigenvalue weighted by Crippen LogP contribution is -2.52. The van der Waals surface area contributed by atoms with E-state index in [0.717, 1.165) is 0 Å². The largest absolute Gasteiger partial charge is 0.378 e. The van der Waals surface area contributed by atoms with Gasteiger partial charge in [0, 0.05) is 20.1 Å². The summed E-state index contributed by atoms with van der Waals surface area (Å²) in [5.74, 6) is -0.139. The Morgan fingerprint density at radius 2 is 2.53 bits per heavy atom. The van der Waals surface area contributed by atoms with Crippen LogP contribution in [0.4, 0.5) is 0 Å². The van der Waals surface area contributed by atoms with E-state index in [1.54, 1.807) is 18.9 Å². The molecule has 2 atom stereocenters. The smallest absolute Gasteiger partial charge is 0.241 e. The highest BCUT2D eigenvalue weighted by molar-refractivity contribution is 5.81. The number of ether oxygens (including phenoxy) is 1. The van der Waals surface area contributed by atoms with E-state index in [-0.39, 0.29) is 17.9 Å². The molecule has 1 saturated heterocycles. The lowest BCUT2D eigenvalue weighted by Gasteiger charge is -2.27. The molecule has 0 bridgehead atoms. The Morgan fingerprint density at radius 3 is 3.07 bits per heavy atom. The average Bonchev–Trinajstić information content (AvgIpc) is 2.29. The molecule has 1 fully saturated rings. The molecule has 1 amide bonds. The number of nitrogens with one attached hydrogen (secondary N) is 1. The first kappa shape index (κ1) is 12.0. The fourth-order valence-electron chi connectivity index (χ4n) is 1.53. The molecule has 1 rings (SSSR count). The molecule has 1 N–H and O–H groups in total. The fourth-order valence-corrected chi connectivity index (χ4v) is 1.53. The number of rotatable bonds is 3. The Morgan fingerprint density at radius 1 is 1.80 bits per heavy atom. The number of morpholine rings is 1. The van der Waals surface area contributed by atoms with Gasteiger partial charge in [-0.2, -0.15) is 5.26 Å². The first-order valence-electron chi connectivity index (χ1n) is 5.11. The van der Waals surface area contributed by atoms with Crippen LogP contribution in [0.2, 0.25) is 0 Å². The Hall–Kier alpha value is -1.12. The molecule has 84 valence electrons. The monoisotopic (exact) mass is 211 g/mol. The van der Waals surface area contributed by atoms with Crippen molar-refractivity contribution in [1.82, 2.24) is 10.2 Å². The van der Waals surface area contributed by atoms with Gasteiger partial charge in [0.05, 0.1) is 25.2 Å². The third kappa shape index (κ3) is 3.50. The van der Waals surface area contributed by atoms with Crippen molar-refractivity contribution >= 4 is 5.91 Å². The Labute approximate surface area is 90.0 Å². The summed E-state index contributed by atoms with van der Waals surface area (Å²) in [7, 11) is 1.71. The van der Waals surface area contributed by atoms with Crippen LogP contribution in [0.5, 0.6) is 0 Å². The van der Waals surface area contributed by atoms with Gasteiger partial charge in [-0.15, -0.1) is 0 Å². The van der Waals surface area contributed by atoms with Gasteiger partial charge in [-0.3, -0.25) is 4.79 Å². The van der Waals surface area contributed by atoms with Gasteiger partial charge in [0.25, 0.3) is 0 Å². The molecule has 5 nitrogen and oxygen atoms in total. The zero-order valence-electron chi connectivity index (χ0n) is 9.19. The molecule has 0 aliphatic carbocycles. The van der Waals surface area contributed by atoms with Crippen LogP contribution in [-0.4, -0.2) is 50.2 Å². The lowest BCUT2D eigenvalue weighted by atomic mass is 10.2. The number of hydrogen-bond donors (Lipinski definition) is 1. The zero-order chi connectivity index (χ0) is 11.3. The first-order chi connectivity index (χ1) is 7.15. The van der Waals surface area contributed by atoms with E-state index in [1.807, 2.05) is 0 Å². The molecule has 0 saturated carbocycles. The van der Waals surface area contributed by atoms with Crippen molar-refractivity contribution in [2.75, 3.05) is 33.4 Å². The average molecular weight is 211 g/mol. The molecular formula is C10H17N3O2. The summed E-state index contributed by atoms with van der Waals surface area (Å²) < 4.78 is 5.21. The van der Waals surface area contributed by atoms with Gasteiger partial charge in [-0.1, -0.05) is 0 Å². The molecule has 0 aromatic heterocycles. The summed E-state index contributed by atoms with van der Waals surface area (Å²) >= 11 is 0. The molecule has 15 heavy (non-hydrogen) atoms. The minimum atomic E-state index is -0.255. The third-order valence-electron chi connectivity index (χ3n) is 2.36. The number of likely N-dealkylation sites (N-methyl/N-ethyl adjacent to an activating group) is 1. The Balaban J connectivity index is 2.41. The second kappa shape index (κ2) is 5.69. The second-order valence-corrected chi connectivity index (χ2v) is 3.83. The Kier molecular flexibility index (Phi) is 4.53. The fraction of sp³-hybridized carbons (Fsp3) is 0.800. The van der Waals surface area contributed by atoms with Gasteiger partial charge in [0.1, 0.15) is 6.04 Å². The van der Waals surface area contributed by atoms with Gasteiger partial charge in [-0.05, 0) is 6.92 Å². The minimum Gasteiger partial charge on any atom is -0.378 e. The van der Waals surface area contributed by atoms with Crippen molar-refractivity contribution in [3.63, 3.8) is 0 Å². The van der Waals surface area contributed by atoms with Crippen LogP contribution >= 0.6 is 0 Å². The summed E-state index contributed by atoms with van der Waals surface area (Å²) in [6.07, 6.45) is 0. The maximum Gasteiger partial charge on any atom is 0.241 e. The predicted molar refractivity (Wildman–Crippen MR) is 55.0 cm³/mol. The molecule has 0 spiro atoms. The van der Waals surface area contributed by atoms with Crippen molar-refractivity contribution < 1.29 is 9.53 Å². The third-order valence-corrected chi connectivity index (χ3v) is 2.36. The van der Waals surface area contributed by atoms with Crippen molar-refractivity contribution in [2.45, 2.75) is 13.0 Å². The molecule has 0 radical (unpaired) electrons. The Bertz CT molecular complexity index is 256. The van der Waals surface area contributed by atoms with Crippen molar-refractivity contribution in [2.24, 2.45) is 5.92 Å². The predicted octanol–water partition coefficient (Wildman–Crippen LogP) is -0.407. The number of hydrogen-bond acceptors (Lipinski definition) is 4. The molecule has 0 aromatic carbocycles. The lowest BCUT2D eigenvalue weighted by molar-refractivity contribution is -0.135. The van der Waals surface area contributed by atoms with Crippen molar-refractivity contribution in [3.8, 4) is 6.07 Å². The maximum atomic E-state index is 11.8. The summed E-state index contributed by atoms with van der Waals surface area (Å²) in [4.78, 5) is 13.4. The molecular weight excluding hydrogens is 194 g/mol. The van der Waals surface area contributed by atoms with E-state index in [9.17, 15) is 4.79 Å². The van der Waals surface area contributed by atoms with Gasteiger partial charge >= 0.3 is 0 Å². The quantitative estimate of drug-likeness (QED) is 0.689. The van der Waals surface area contributed by atoms with Gasteiger partial charge in [-0.25, -0.2) is 0 Å². The second-order valence-electron chi connectivity index (χ2n) is 3.83. The van der Waals surface area contributed by atoms with Crippen LogP contribution < -0.4 is 5.32 Å². The zero-order valence-corrected chi connectivity index (χ0v) is 9.19. The summed E-state index contributed by atoms with van der Waals surface area (Å²) in [5.41, 5.74) is 0. The minimum absolute atomic E-state index is 0.00296. The number of carbonyl (C=O) groups excluding carboxylic acids is 1. The molecule has 1 aliphatic rings. The number of carbonyl (C=O) groups is 1. The summed E-state index contributed by atoms with van der Waals surface area (Å²) in [6.45, 7) is 4.05. The maximum absolute atomic E-state index is 11.8.